The van der Waals surface area contributed by atoms with Crippen molar-refractivity contribution in [3.05, 3.63) is 46.6 Å². The number of halogens is 1. The number of aryl methyl sites for hydroxylation is 1. The van der Waals surface area contributed by atoms with Gasteiger partial charge in [0.25, 0.3) is 0 Å². The molecule has 7 heteroatoms. The Morgan fingerprint density at radius 3 is 2.62 bits per heavy atom. The molecule has 0 atom stereocenters. The molecule has 2 aromatic rings. The van der Waals surface area contributed by atoms with Gasteiger partial charge in [-0.25, -0.2) is 0 Å². The zero-order valence-corrected chi connectivity index (χ0v) is 15.8. The summed E-state index contributed by atoms with van der Waals surface area (Å²) in [5, 5.41) is 11.2. The Hall–Kier alpha value is -1.92. The van der Waals surface area contributed by atoms with Gasteiger partial charge in [-0.2, -0.15) is 4.98 Å². The van der Waals surface area contributed by atoms with Crippen LogP contribution in [0.25, 0.3) is 0 Å². The summed E-state index contributed by atoms with van der Waals surface area (Å²) < 4.78 is 5.16. The number of nitrogens with one attached hydrogen (secondary N) is 2. The first kappa shape index (κ1) is 18.9. The van der Waals surface area contributed by atoms with Crippen LogP contribution in [0, 0.1) is 6.92 Å². The van der Waals surface area contributed by atoms with E-state index >= 15 is 0 Å². The number of benzene rings is 1. The van der Waals surface area contributed by atoms with Crippen molar-refractivity contribution in [2.75, 3.05) is 13.1 Å². The lowest BCUT2D eigenvalue weighted by Gasteiger charge is -2.35. The summed E-state index contributed by atoms with van der Waals surface area (Å²) in [7, 11) is 0. The van der Waals surface area contributed by atoms with Crippen LogP contribution in [0.5, 0.6) is 0 Å². The molecule has 0 bridgehead atoms. The van der Waals surface area contributed by atoms with E-state index in [2.05, 4.69) is 20.8 Å². The zero-order valence-electron chi connectivity index (χ0n) is 15.1. The highest BCUT2D eigenvalue weighted by Gasteiger charge is 2.38. The first-order valence-electron chi connectivity index (χ1n) is 9.14. The first-order chi connectivity index (χ1) is 12.6. The van der Waals surface area contributed by atoms with Crippen LogP contribution in [0.3, 0.4) is 0 Å². The molecule has 1 aliphatic carbocycles. The fraction of sp³-hybridized carbons (Fsp3) is 0.526. The third-order valence-corrected chi connectivity index (χ3v) is 5.15. The third-order valence-electron chi connectivity index (χ3n) is 4.90. The average molecular weight is 377 g/mol. The lowest BCUT2D eigenvalue weighted by Crippen LogP contribution is -2.49. The van der Waals surface area contributed by atoms with Gasteiger partial charge >= 0.3 is 0 Å². The molecule has 1 amide bonds. The van der Waals surface area contributed by atoms with Gasteiger partial charge in [0, 0.05) is 18.5 Å². The molecule has 0 spiro atoms. The molecule has 0 unspecified atom stereocenters. The van der Waals surface area contributed by atoms with E-state index in [9.17, 15) is 4.79 Å². The monoisotopic (exact) mass is 376 g/mol. The van der Waals surface area contributed by atoms with Gasteiger partial charge in [-0.05, 0) is 37.0 Å². The third kappa shape index (κ3) is 4.83. The summed E-state index contributed by atoms with van der Waals surface area (Å²) in [5.41, 5.74) is 0.789. The van der Waals surface area contributed by atoms with E-state index in [-0.39, 0.29) is 18.0 Å². The standard InChI is InChI=1S/C19H25ClN4O2/c1-14-23-18(24-26-14)19(10-3-2-4-11-19)22-13-17(25)21-12-9-15-5-7-16(20)8-6-15/h5-8,22H,2-4,9-13H2,1H3,(H,21,25). The summed E-state index contributed by atoms with van der Waals surface area (Å²) in [4.78, 5) is 16.7. The Morgan fingerprint density at radius 1 is 1.23 bits per heavy atom. The van der Waals surface area contributed by atoms with Crippen LogP contribution in [0.15, 0.2) is 28.8 Å². The van der Waals surface area contributed by atoms with Crippen LogP contribution in [-0.4, -0.2) is 29.1 Å². The minimum absolute atomic E-state index is 0.0240. The summed E-state index contributed by atoms with van der Waals surface area (Å²) in [6.45, 7) is 2.63. The average Bonchev–Trinajstić information content (AvgIpc) is 3.10. The molecular formula is C19H25ClN4O2. The molecule has 2 N–H and O–H groups in total. The Kier molecular flexibility index (Phi) is 6.27. The van der Waals surface area contributed by atoms with E-state index in [4.69, 9.17) is 16.1 Å². The van der Waals surface area contributed by atoms with Crippen molar-refractivity contribution in [2.45, 2.75) is 51.0 Å². The molecule has 3 rings (SSSR count). The van der Waals surface area contributed by atoms with Crippen LogP contribution in [0.4, 0.5) is 0 Å². The Bertz CT molecular complexity index is 723. The summed E-state index contributed by atoms with van der Waals surface area (Å²) in [6.07, 6.45) is 6.01. The van der Waals surface area contributed by atoms with E-state index in [1.165, 1.54) is 6.42 Å². The van der Waals surface area contributed by atoms with E-state index in [1.807, 2.05) is 24.3 Å². The van der Waals surface area contributed by atoms with Gasteiger partial charge < -0.3 is 9.84 Å². The van der Waals surface area contributed by atoms with Crippen molar-refractivity contribution in [1.29, 1.82) is 0 Å². The van der Waals surface area contributed by atoms with Gasteiger partial charge in [0.05, 0.1) is 12.1 Å². The van der Waals surface area contributed by atoms with Crippen molar-refractivity contribution < 1.29 is 9.32 Å². The van der Waals surface area contributed by atoms with E-state index in [0.29, 0.717) is 18.3 Å². The molecule has 140 valence electrons. The number of carbonyl (C=O) groups excluding carboxylic acids is 1. The maximum atomic E-state index is 12.2. The molecule has 26 heavy (non-hydrogen) atoms. The van der Waals surface area contributed by atoms with Crippen LogP contribution in [0.2, 0.25) is 5.02 Å². The number of nitrogens with zero attached hydrogens (tertiary/aromatic N) is 2. The van der Waals surface area contributed by atoms with E-state index < -0.39 is 0 Å². The van der Waals surface area contributed by atoms with Gasteiger partial charge in [0.1, 0.15) is 0 Å². The number of rotatable bonds is 7. The van der Waals surface area contributed by atoms with Gasteiger partial charge in [-0.3, -0.25) is 10.1 Å². The van der Waals surface area contributed by atoms with Crippen LogP contribution >= 0.6 is 11.6 Å². The molecule has 1 fully saturated rings. The fourth-order valence-corrected chi connectivity index (χ4v) is 3.56. The van der Waals surface area contributed by atoms with Crippen molar-refractivity contribution >= 4 is 17.5 Å². The van der Waals surface area contributed by atoms with Gasteiger partial charge in [0.2, 0.25) is 11.8 Å². The molecule has 1 aromatic carbocycles. The zero-order chi connectivity index (χ0) is 18.4. The largest absolute Gasteiger partial charge is 0.355 e. The summed E-state index contributed by atoms with van der Waals surface area (Å²) in [5.74, 6) is 1.20. The Labute approximate surface area is 158 Å². The van der Waals surface area contributed by atoms with Crippen LogP contribution in [0.1, 0.15) is 49.4 Å². The van der Waals surface area contributed by atoms with Crippen LogP contribution < -0.4 is 10.6 Å². The Balaban J connectivity index is 1.50. The molecule has 0 aliphatic heterocycles. The number of hydrogen-bond donors (Lipinski definition) is 2. The summed E-state index contributed by atoms with van der Waals surface area (Å²) in [6, 6.07) is 7.67. The predicted octanol–water partition coefficient (Wildman–Crippen LogP) is 3.14. The highest BCUT2D eigenvalue weighted by Crippen LogP contribution is 2.35. The van der Waals surface area contributed by atoms with Gasteiger partial charge in [0.15, 0.2) is 5.82 Å². The highest BCUT2D eigenvalue weighted by molar-refractivity contribution is 6.30. The second-order valence-electron chi connectivity index (χ2n) is 6.86. The molecule has 1 saturated carbocycles. The van der Waals surface area contributed by atoms with E-state index in [0.717, 1.165) is 42.7 Å². The summed E-state index contributed by atoms with van der Waals surface area (Å²) >= 11 is 5.88. The second kappa shape index (κ2) is 8.64. The molecule has 1 heterocycles. The second-order valence-corrected chi connectivity index (χ2v) is 7.30. The van der Waals surface area contributed by atoms with Gasteiger partial charge in [-0.15, -0.1) is 0 Å². The fourth-order valence-electron chi connectivity index (χ4n) is 3.44. The smallest absolute Gasteiger partial charge is 0.233 e. The number of amides is 1. The first-order valence-corrected chi connectivity index (χ1v) is 9.52. The molecular weight excluding hydrogens is 352 g/mol. The number of hydrogen-bond acceptors (Lipinski definition) is 5. The van der Waals surface area contributed by atoms with Crippen molar-refractivity contribution in [2.24, 2.45) is 0 Å². The maximum Gasteiger partial charge on any atom is 0.233 e. The minimum Gasteiger partial charge on any atom is -0.355 e. The minimum atomic E-state index is -0.358. The highest BCUT2D eigenvalue weighted by atomic mass is 35.5. The Morgan fingerprint density at radius 2 is 1.96 bits per heavy atom. The van der Waals surface area contributed by atoms with Crippen molar-refractivity contribution in [3.8, 4) is 0 Å². The quantitative estimate of drug-likeness (QED) is 0.776. The predicted molar refractivity (Wildman–Crippen MR) is 100.0 cm³/mol. The normalized spacial score (nSPS) is 16.4. The lowest BCUT2D eigenvalue weighted by molar-refractivity contribution is -0.120. The van der Waals surface area contributed by atoms with Gasteiger partial charge in [-0.1, -0.05) is 48.2 Å². The molecule has 6 nitrogen and oxygen atoms in total. The molecule has 0 radical (unpaired) electrons. The van der Waals surface area contributed by atoms with Crippen LogP contribution in [-0.2, 0) is 16.8 Å². The van der Waals surface area contributed by atoms with E-state index in [1.54, 1.807) is 6.92 Å². The van der Waals surface area contributed by atoms with Crippen molar-refractivity contribution in [1.82, 2.24) is 20.8 Å². The molecule has 0 saturated heterocycles. The molecule has 1 aliphatic rings. The number of aromatic nitrogens is 2. The molecule has 1 aromatic heterocycles. The maximum absolute atomic E-state index is 12.2. The SMILES string of the molecule is Cc1nc(C2(NCC(=O)NCCc3ccc(Cl)cc3)CCCCC2)no1. The van der Waals surface area contributed by atoms with Crippen molar-refractivity contribution in [3.63, 3.8) is 0 Å². The topological polar surface area (TPSA) is 80.0 Å². The lowest BCUT2D eigenvalue weighted by atomic mass is 9.81. The number of carbonyl (C=O) groups is 1.